The maximum absolute atomic E-state index is 12.5. The average molecular weight is 529 g/mol. The highest BCUT2D eigenvalue weighted by Gasteiger charge is 2.70. The number of fused-ring (bicyclic) bond motifs is 1. The van der Waals surface area contributed by atoms with Crippen molar-refractivity contribution < 1.29 is 49.4 Å². The van der Waals surface area contributed by atoms with Crippen molar-refractivity contribution >= 4 is 33.6 Å². The lowest BCUT2D eigenvalue weighted by Crippen LogP contribution is -2.58. The molecular weight excluding hydrogens is 496 g/mol. The van der Waals surface area contributed by atoms with Gasteiger partial charge in [0.25, 0.3) is 0 Å². The number of amides is 1. The number of carbonyl (C=O) groups is 3. The highest BCUT2D eigenvalue weighted by atomic mass is 32.2. The second kappa shape index (κ2) is 12.9. The van der Waals surface area contributed by atoms with Gasteiger partial charge in [0, 0.05) is 12.7 Å². The van der Waals surface area contributed by atoms with Crippen molar-refractivity contribution in [1.29, 1.82) is 5.41 Å². The third-order valence-electron chi connectivity index (χ3n) is 5.32. The zero-order valence-corrected chi connectivity index (χ0v) is 19.5. The van der Waals surface area contributed by atoms with Crippen LogP contribution in [0.25, 0.3) is 0 Å². The number of guanidine groups is 1. The van der Waals surface area contributed by atoms with E-state index in [-0.39, 0.29) is 35.4 Å². The monoisotopic (exact) mass is 528 g/mol. The molecule has 14 N–H and O–H groups in total. The Labute approximate surface area is 199 Å². The van der Waals surface area contributed by atoms with Crippen LogP contribution in [0.2, 0.25) is 0 Å². The van der Waals surface area contributed by atoms with Gasteiger partial charge in [-0.15, -0.1) is 5.10 Å². The lowest BCUT2D eigenvalue weighted by atomic mass is 9.96. The molecule has 202 valence electrons. The van der Waals surface area contributed by atoms with Crippen LogP contribution in [0.4, 0.5) is 0 Å². The van der Waals surface area contributed by atoms with Crippen LogP contribution in [0.3, 0.4) is 0 Å². The van der Waals surface area contributed by atoms with Crippen molar-refractivity contribution in [1.82, 2.24) is 25.2 Å². The number of carbonyl (C=O) groups excluding carboxylic acids is 1. The number of nitrogens with zero attached hydrogens (tertiary/aromatic N) is 4. The van der Waals surface area contributed by atoms with Crippen LogP contribution in [0.5, 0.6) is 0 Å². The number of nitrogens with one attached hydrogen (secondary N) is 2. The third kappa shape index (κ3) is 6.82. The summed E-state index contributed by atoms with van der Waals surface area (Å²) in [6, 6.07) is -2.22. The van der Waals surface area contributed by atoms with E-state index >= 15 is 0 Å². The summed E-state index contributed by atoms with van der Waals surface area (Å²) in [6.45, 7) is 1.66. The van der Waals surface area contributed by atoms with Gasteiger partial charge in [-0.2, -0.15) is 0 Å². The van der Waals surface area contributed by atoms with E-state index in [1.807, 2.05) is 0 Å². The van der Waals surface area contributed by atoms with Gasteiger partial charge in [0.05, 0.1) is 19.2 Å². The molecule has 3 rings (SSSR count). The van der Waals surface area contributed by atoms with Crippen LogP contribution in [0.1, 0.15) is 26.2 Å². The Hall–Kier alpha value is -3.39. The topological polar surface area (TPSA) is 342 Å². The van der Waals surface area contributed by atoms with Crippen molar-refractivity contribution in [2.75, 3.05) is 6.54 Å². The molecule has 18 nitrogen and oxygen atoms in total. The van der Waals surface area contributed by atoms with E-state index in [2.05, 4.69) is 15.6 Å². The smallest absolute Gasteiger partial charge is 0.328 e. The number of carboxylic acid groups (broad SMARTS) is 2. The molecule has 2 saturated heterocycles. The second-order valence-electron chi connectivity index (χ2n) is 7.59. The number of β-lactam (4-membered cyclic amide) rings is 1. The Kier molecular flexibility index (Phi) is 12.5. The molecule has 1 unspecified atom stereocenters. The van der Waals surface area contributed by atoms with E-state index in [9.17, 15) is 27.9 Å². The molecule has 0 aliphatic carbocycles. The molecular formula is C16H32N8O10S. The number of sulfone groups is 1. The van der Waals surface area contributed by atoms with Gasteiger partial charge < -0.3 is 48.3 Å². The first kappa shape index (κ1) is 33.8. The third-order valence-corrected chi connectivity index (χ3v) is 8.08. The van der Waals surface area contributed by atoms with Crippen molar-refractivity contribution in [2.45, 2.75) is 54.9 Å². The van der Waals surface area contributed by atoms with Gasteiger partial charge in [0.1, 0.15) is 16.2 Å². The molecule has 1 amide bonds. The molecule has 2 aliphatic rings. The van der Waals surface area contributed by atoms with Gasteiger partial charge in [-0.1, -0.05) is 5.21 Å². The fourth-order valence-electron chi connectivity index (χ4n) is 3.60. The molecule has 0 spiro atoms. The summed E-state index contributed by atoms with van der Waals surface area (Å²) >= 11 is 0. The summed E-state index contributed by atoms with van der Waals surface area (Å²) in [4.78, 5) is 34.2. The number of carboxylic acids is 2. The highest BCUT2D eigenvalue weighted by molar-refractivity contribution is 7.93. The van der Waals surface area contributed by atoms with Gasteiger partial charge in [0.2, 0.25) is 5.91 Å². The molecule has 1 aromatic rings. The lowest BCUT2D eigenvalue weighted by Gasteiger charge is -2.35. The summed E-state index contributed by atoms with van der Waals surface area (Å²) in [7, 11) is -3.80. The van der Waals surface area contributed by atoms with Gasteiger partial charge >= 0.3 is 11.9 Å². The molecule has 3 heterocycles. The number of aromatic nitrogens is 3. The minimum absolute atomic E-state index is 0. The quantitative estimate of drug-likeness (QED) is 0.0796. The van der Waals surface area contributed by atoms with E-state index in [0.717, 1.165) is 4.90 Å². The predicted molar refractivity (Wildman–Crippen MR) is 120 cm³/mol. The Morgan fingerprint density at radius 3 is 2.37 bits per heavy atom. The fraction of sp³-hybridized carbons (Fsp3) is 0.625. The Morgan fingerprint density at radius 2 is 1.94 bits per heavy atom. The Balaban J connectivity index is 0. The van der Waals surface area contributed by atoms with Crippen LogP contribution in [0, 0.1) is 5.41 Å². The molecule has 4 atom stereocenters. The van der Waals surface area contributed by atoms with Crippen LogP contribution in [-0.4, -0.2) is 108 Å². The van der Waals surface area contributed by atoms with Crippen LogP contribution in [-0.2, 0) is 30.8 Å². The van der Waals surface area contributed by atoms with Crippen molar-refractivity contribution in [2.24, 2.45) is 11.5 Å². The minimum Gasteiger partial charge on any atom is -0.480 e. The predicted octanol–water partition coefficient (Wildman–Crippen LogP) is -5.34. The first-order chi connectivity index (χ1) is 14.8. The van der Waals surface area contributed by atoms with E-state index in [0.29, 0.717) is 19.4 Å². The lowest BCUT2D eigenvalue weighted by molar-refractivity contribution is -0.157. The average Bonchev–Trinajstić information content (AvgIpc) is 3.23. The van der Waals surface area contributed by atoms with E-state index in [4.69, 9.17) is 22.0 Å². The molecule has 0 aromatic carbocycles. The van der Waals surface area contributed by atoms with E-state index < -0.39 is 49.9 Å². The summed E-state index contributed by atoms with van der Waals surface area (Å²) in [5, 5.41) is 33.3. The molecule has 1 aromatic heterocycles. The molecule has 0 bridgehead atoms. The van der Waals surface area contributed by atoms with Gasteiger partial charge in [-0.05, 0) is 19.8 Å². The maximum atomic E-state index is 12.5. The summed E-state index contributed by atoms with van der Waals surface area (Å²) < 4.78 is 24.7. The molecule has 0 saturated carbocycles. The Bertz CT molecular complexity index is 988. The first-order valence-corrected chi connectivity index (χ1v) is 11.1. The Morgan fingerprint density at radius 1 is 1.34 bits per heavy atom. The van der Waals surface area contributed by atoms with Gasteiger partial charge in [-0.3, -0.25) is 19.7 Å². The van der Waals surface area contributed by atoms with Crippen LogP contribution < -0.4 is 16.8 Å². The molecule has 0 radical (unpaired) electrons. The molecule has 19 heteroatoms. The van der Waals surface area contributed by atoms with Crippen LogP contribution in [0.15, 0.2) is 12.4 Å². The molecule has 35 heavy (non-hydrogen) atoms. The van der Waals surface area contributed by atoms with Crippen LogP contribution >= 0.6 is 0 Å². The maximum Gasteiger partial charge on any atom is 0.328 e. The zero-order valence-electron chi connectivity index (χ0n) is 18.7. The highest BCUT2D eigenvalue weighted by Crippen LogP contribution is 2.46. The summed E-state index contributed by atoms with van der Waals surface area (Å²) in [5.74, 6) is -2.89. The second-order valence-corrected chi connectivity index (χ2v) is 10.2. The number of nitrogens with two attached hydrogens (primary N) is 2. The van der Waals surface area contributed by atoms with Gasteiger partial charge in [-0.25, -0.2) is 13.2 Å². The minimum atomic E-state index is -3.80. The summed E-state index contributed by atoms with van der Waals surface area (Å²) in [6.07, 6.45) is 3.65. The molecule has 2 aliphatic heterocycles. The first-order valence-electron chi connectivity index (χ1n) is 9.50. The fourth-order valence-corrected chi connectivity index (χ4v) is 5.95. The SMILES string of the molecule is C[C@]1(Cn2ccnn2)[C@H](C(=O)O)N2C(=O)C[C@H]2S1(=O)=O.N=C(N)NCCCC(N)C(=O)O.O.O.O. The van der Waals surface area contributed by atoms with Crippen molar-refractivity contribution in [3.63, 3.8) is 0 Å². The summed E-state index contributed by atoms with van der Waals surface area (Å²) in [5.41, 5.74) is 10.2. The van der Waals surface area contributed by atoms with Crippen molar-refractivity contribution in [3.8, 4) is 0 Å². The number of hydrogen-bond acceptors (Lipinski definition) is 9. The largest absolute Gasteiger partial charge is 0.480 e. The zero-order chi connectivity index (χ0) is 24.3. The molecule has 2 fully saturated rings. The standard InChI is InChI=1S/C10H12N4O5S.C6H14N4O2.3H2O/c1-10(5-13-3-2-11-12-13)8(9(16)17)14-6(15)4-7(14)20(10,18)19;7-4(5(11)12)2-1-3-10-6(8)9;;;/h2-3,7-8H,4-5H2,1H3,(H,16,17);4H,1-3,7H2,(H,11,12)(H4,8,9,10);3*1H2/t7-,8+,10+;;;;/m1..../s1. The number of rotatable bonds is 8. The number of aliphatic carboxylic acids is 2. The van der Waals surface area contributed by atoms with Crippen molar-refractivity contribution in [3.05, 3.63) is 12.4 Å². The van der Waals surface area contributed by atoms with E-state index in [1.54, 1.807) is 0 Å². The van der Waals surface area contributed by atoms with Gasteiger partial charge in [0.15, 0.2) is 21.8 Å². The van der Waals surface area contributed by atoms with E-state index in [1.165, 1.54) is 24.0 Å². The number of hydrogen-bond donors (Lipinski definition) is 6. The normalized spacial score (nSPS) is 23.9.